The van der Waals surface area contributed by atoms with Crippen molar-refractivity contribution in [3.8, 4) is 6.07 Å². The Balaban J connectivity index is 2.02. The molecule has 128 valence electrons. The van der Waals surface area contributed by atoms with Crippen molar-refractivity contribution in [1.29, 1.82) is 5.26 Å². The fourth-order valence-corrected chi connectivity index (χ4v) is 2.94. The molecule has 2 aromatic rings. The molecule has 0 atom stereocenters. The van der Waals surface area contributed by atoms with Crippen molar-refractivity contribution in [3.05, 3.63) is 62.9 Å². The lowest BCUT2D eigenvalue weighted by atomic mass is 10.0. The number of rotatable bonds is 6. The van der Waals surface area contributed by atoms with E-state index < -0.39 is 5.97 Å². The minimum Gasteiger partial charge on any atom is -0.453 e. The Morgan fingerprint density at radius 2 is 1.88 bits per heavy atom. The minimum atomic E-state index is -0.794. The van der Waals surface area contributed by atoms with Gasteiger partial charge in [-0.05, 0) is 42.2 Å². The average Bonchev–Trinajstić information content (AvgIpc) is 3.04. The van der Waals surface area contributed by atoms with Crippen LogP contribution in [0.2, 0.25) is 0 Å². The highest BCUT2D eigenvalue weighted by atomic mass is 32.1. The van der Waals surface area contributed by atoms with Crippen molar-refractivity contribution < 1.29 is 14.3 Å². The van der Waals surface area contributed by atoms with Crippen LogP contribution in [0.25, 0.3) is 6.08 Å². The summed E-state index contributed by atoms with van der Waals surface area (Å²) in [5.74, 6) is -0.660. The number of hydrogen-bond acceptors (Lipinski definition) is 5. The molecule has 5 heteroatoms. The summed E-state index contributed by atoms with van der Waals surface area (Å²) in [5.41, 5.74) is 1.78. The minimum absolute atomic E-state index is 0.132. The predicted molar refractivity (Wildman–Crippen MR) is 98.5 cm³/mol. The van der Waals surface area contributed by atoms with Gasteiger partial charge in [0.1, 0.15) is 11.6 Å². The van der Waals surface area contributed by atoms with E-state index in [0.717, 1.165) is 10.4 Å². The van der Waals surface area contributed by atoms with Crippen LogP contribution in [-0.4, -0.2) is 18.4 Å². The van der Waals surface area contributed by atoms with E-state index in [2.05, 4.69) is 13.8 Å². The van der Waals surface area contributed by atoms with Gasteiger partial charge >= 0.3 is 5.97 Å². The molecule has 1 aromatic heterocycles. The highest BCUT2D eigenvalue weighted by Gasteiger charge is 2.15. The third kappa shape index (κ3) is 5.13. The lowest BCUT2D eigenvalue weighted by Crippen LogP contribution is -2.14. The molecule has 0 aliphatic rings. The predicted octanol–water partition coefficient (Wildman–Crippen LogP) is 4.51. The van der Waals surface area contributed by atoms with Crippen LogP contribution in [0.15, 0.2) is 42.0 Å². The Morgan fingerprint density at radius 1 is 1.20 bits per heavy atom. The monoisotopic (exact) mass is 353 g/mol. The van der Waals surface area contributed by atoms with Crippen LogP contribution < -0.4 is 0 Å². The maximum Gasteiger partial charge on any atom is 0.349 e. The van der Waals surface area contributed by atoms with Crippen LogP contribution in [0, 0.1) is 18.3 Å². The third-order valence-corrected chi connectivity index (χ3v) is 4.65. The first-order valence-electron chi connectivity index (χ1n) is 7.89. The van der Waals surface area contributed by atoms with Gasteiger partial charge in [0.25, 0.3) is 0 Å². The molecule has 2 rings (SSSR count). The van der Waals surface area contributed by atoms with Crippen LogP contribution in [0.3, 0.4) is 0 Å². The van der Waals surface area contributed by atoms with Gasteiger partial charge in [0, 0.05) is 4.88 Å². The van der Waals surface area contributed by atoms with Crippen molar-refractivity contribution in [1.82, 2.24) is 0 Å². The number of Topliss-reactive ketones (excluding diaryl/α,β-unsaturated/α-hetero) is 1. The van der Waals surface area contributed by atoms with Gasteiger partial charge in [0.05, 0.1) is 4.88 Å². The maximum absolute atomic E-state index is 12.0. The molecule has 0 fully saturated rings. The van der Waals surface area contributed by atoms with Crippen molar-refractivity contribution in [2.45, 2.75) is 26.7 Å². The lowest BCUT2D eigenvalue weighted by Gasteiger charge is -2.05. The number of benzene rings is 1. The number of carbonyl (C=O) groups excluding carboxylic acids is 2. The molecule has 0 bridgehead atoms. The Labute approximate surface area is 151 Å². The van der Waals surface area contributed by atoms with Gasteiger partial charge in [-0.3, -0.25) is 4.79 Å². The van der Waals surface area contributed by atoms with E-state index in [9.17, 15) is 14.9 Å². The molecule has 0 unspecified atom stereocenters. The number of aryl methyl sites for hydroxylation is 1. The zero-order chi connectivity index (χ0) is 18.4. The summed E-state index contributed by atoms with van der Waals surface area (Å²) in [7, 11) is 0. The van der Waals surface area contributed by atoms with Gasteiger partial charge in [0.15, 0.2) is 6.61 Å². The molecule has 0 amide bonds. The molecule has 0 spiro atoms. The van der Waals surface area contributed by atoms with Crippen LogP contribution in [0.1, 0.15) is 45.4 Å². The van der Waals surface area contributed by atoms with Crippen LogP contribution in [-0.2, 0) is 9.53 Å². The highest BCUT2D eigenvalue weighted by molar-refractivity contribution is 7.14. The fraction of sp³-hybridized carbons (Fsp3) is 0.250. The molecule has 0 aliphatic carbocycles. The molecular formula is C20H19NO3S. The Morgan fingerprint density at radius 3 is 2.40 bits per heavy atom. The first-order chi connectivity index (χ1) is 11.9. The second-order valence-corrected chi connectivity index (χ2v) is 7.19. The summed E-state index contributed by atoms with van der Waals surface area (Å²) in [6.45, 7) is 5.71. The van der Waals surface area contributed by atoms with E-state index in [1.165, 1.54) is 23.0 Å². The molecule has 0 radical (unpaired) electrons. The van der Waals surface area contributed by atoms with E-state index in [4.69, 9.17) is 4.74 Å². The van der Waals surface area contributed by atoms with E-state index in [1.807, 2.05) is 43.3 Å². The molecule has 0 saturated heterocycles. The summed E-state index contributed by atoms with van der Waals surface area (Å²) in [6, 6.07) is 13.0. The second kappa shape index (κ2) is 8.41. The number of thiophene rings is 1. The molecule has 25 heavy (non-hydrogen) atoms. The summed E-state index contributed by atoms with van der Waals surface area (Å²) >= 11 is 1.35. The van der Waals surface area contributed by atoms with Gasteiger partial charge < -0.3 is 4.74 Å². The number of ether oxygens (including phenoxy) is 1. The van der Waals surface area contributed by atoms with Crippen LogP contribution in [0.4, 0.5) is 0 Å². The maximum atomic E-state index is 12.0. The van der Waals surface area contributed by atoms with Gasteiger partial charge in [-0.25, -0.2) is 4.79 Å². The fourth-order valence-electron chi connectivity index (χ4n) is 2.15. The lowest BCUT2D eigenvalue weighted by molar-refractivity contribution is -0.137. The largest absolute Gasteiger partial charge is 0.453 e. The summed E-state index contributed by atoms with van der Waals surface area (Å²) in [5, 5.41) is 9.18. The second-order valence-electron chi connectivity index (χ2n) is 5.90. The van der Waals surface area contributed by atoms with Crippen molar-refractivity contribution in [2.75, 3.05) is 6.61 Å². The highest BCUT2D eigenvalue weighted by Crippen LogP contribution is 2.17. The van der Waals surface area contributed by atoms with Gasteiger partial charge in [-0.15, -0.1) is 11.3 Å². The SMILES string of the molecule is Cc1ccc(C(=O)COC(=O)/C(C#N)=C/c2ccc(C(C)C)cc2)s1. The Kier molecular flexibility index (Phi) is 6.26. The van der Waals surface area contributed by atoms with E-state index in [-0.39, 0.29) is 18.0 Å². The molecule has 4 nitrogen and oxygen atoms in total. The topological polar surface area (TPSA) is 67.2 Å². The van der Waals surface area contributed by atoms with Gasteiger partial charge in [0.2, 0.25) is 5.78 Å². The standard InChI is InChI=1S/C20H19NO3S/c1-13(2)16-7-5-15(6-8-16)10-17(11-21)20(23)24-12-18(22)19-9-4-14(3)25-19/h4-10,13H,12H2,1-3H3/b17-10+. The first kappa shape index (κ1) is 18.6. The molecular weight excluding hydrogens is 334 g/mol. The molecule has 0 N–H and O–H groups in total. The number of hydrogen-bond donors (Lipinski definition) is 0. The molecule has 0 saturated carbocycles. The number of ketones is 1. The summed E-state index contributed by atoms with van der Waals surface area (Å²) < 4.78 is 4.98. The molecule has 1 heterocycles. The molecule has 0 aliphatic heterocycles. The summed E-state index contributed by atoms with van der Waals surface area (Å²) in [6.07, 6.45) is 1.46. The van der Waals surface area contributed by atoms with Gasteiger partial charge in [-0.2, -0.15) is 5.26 Å². The number of nitriles is 1. The number of carbonyl (C=O) groups is 2. The number of nitrogens with zero attached hydrogens (tertiary/aromatic N) is 1. The number of esters is 1. The normalized spacial score (nSPS) is 11.2. The van der Waals surface area contributed by atoms with E-state index in [0.29, 0.717) is 10.8 Å². The van der Waals surface area contributed by atoms with Crippen molar-refractivity contribution in [3.63, 3.8) is 0 Å². The Hall–Kier alpha value is -2.71. The van der Waals surface area contributed by atoms with E-state index >= 15 is 0 Å². The zero-order valence-electron chi connectivity index (χ0n) is 14.4. The zero-order valence-corrected chi connectivity index (χ0v) is 15.2. The Bertz CT molecular complexity index is 839. The van der Waals surface area contributed by atoms with Crippen LogP contribution >= 0.6 is 11.3 Å². The quantitative estimate of drug-likeness (QED) is 0.331. The van der Waals surface area contributed by atoms with Crippen LogP contribution in [0.5, 0.6) is 0 Å². The van der Waals surface area contributed by atoms with Crippen molar-refractivity contribution in [2.24, 2.45) is 0 Å². The molecule has 1 aromatic carbocycles. The third-order valence-electron chi connectivity index (χ3n) is 3.60. The van der Waals surface area contributed by atoms with Gasteiger partial charge in [-0.1, -0.05) is 38.1 Å². The first-order valence-corrected chi connectivity index (χ1v) is 8.71. The summed E-state index contributed by atoms with van der Waals surface area (Å²) in [4.78, 5) is 25.5. The smallest absolute Gasteiger partial charge is 0.349 e. The van der Waals surface area contributed by atoms with Crippen molar-refractivity contribution >= 4 is 29.2 Å². The van der Waals surface area contributed by atoms with E-state index in [1.54, 1.807) is 6.07 Å². The average molecular weight is 353 g/mol.